The van der Waals surface area contributed by atoms with E-state index in [1.165, 1.54) is 44.1 Å². The summed E-state index contributed by atoms with van der Waals surface area (Å²) in [6.45, 7) is 7.15. The van der Waals surface area contributed by atoms with Gasteiger partial charge in [0, 0.05) is 18.4 Å². The van der Waals surface area contributed by atoms with Crippen molar-refractivity contribution in [1.82, 2.24) is 10.3 Å². The van der Waals surface area contributed by atoms with Crippen LogP contribution in [0.15, 0.2) is 37.2 Å². The van der Waals surface area contributed by atoms with Crippen LogP contribution in [-0.4, -0.2) is 17.6 Å². The van der Waals surface area contributed by atoms with Crippen LogP contribution in [0.4, 0.5) is 0 Å². The molecule has 0 spiro atoms. The molecule has 0 amide bonds. The Kier molecular flexibility index (Phi) is 9.85. The number of aryl methyl sites for hydroxylation is 1. The number of rotatable bonds is 12. The van der Waals surface area contributed by atoms with Crippen molar-refractivity contribution < 1.29 is 0 Å². The van der Waals surface area contributed by atoms with Crippen LogP contribution in [0.1, 0.15) is 57.4 Å². The van der Waals surface area contributed by atoms with Crippen LogP contribution in [-0.2, 0) is 6.42 Å². The first-order valence-corrected chi connectivity index (χ1v) is 8.10. The monoisotopic (exact) mass is 274 g/mol. The Morgan fingerprint density at radius 1 is 1.20 bits per heavy atom. The molecule has 112 valence electrons. The normalized spacial score (nSPS) is 12.2. The molecule has 0 radical (unpaired) electrons. The molecule has 0 saturated heterocycles. The minimum absolute atomic E-state index is 0.659. The van der Waals surface area contributed by atoms with Crippen LogP contribution in [0.3, 0.4) is 0 Å². The molecular weight excluding hydrogens is 244 g/mol. The number of unbranched alkanes of at least 4 members (excludes halogenated alkanes) is 3. The Hall–Kier alpha value is -1.15. The van der Waals surface area contributed by atoms with E-state index in [0.29, 0.717) is 6.04 Å². The Morgan fingerprint density at radius 3 is 2.70 bits per heavy atom. The largest absolute Gasteiger partial charge is 0.314 e. The van der Waals surface area contributed by atoms with Crippen LogP contribution in [0, 0.1) is 0 Å². The lowest BCUT2D eigenvalue weighted by Crippen LogP contribution is -2.30. The van der Waals surface area contributed by atoms with E-state index in [9.17, 15) is 0 Å². The molecule has 20 heavy (non-hydrogen) atoms. The van der Waals surface area contributed by atoms with E-state index in [1.807, 2.05) is 18.5 Å². The van der Waals surface area contributed by atoms with Gasteiger partial charge in [-0.2, -0.15) is 0 Å². The van der Waals surface area contributed by atoms with Gasteiger partial charge in [0.2, 0.25) is 0 Å². The summed E-state index contributed by atoms with van der Waals surface area (Å²) in [6, 6.07) is 4.91. The Labute approximate surface area is 124 Å². The van der Waals surface area contributed by atoms with Gasteiger partial charge in [-0.3, -0.25) is 4.98 Å². The maximum atomic E-state index is 4.08. The average Bonchev–Trinajstić information content (AvgIpc) is 2.50. The van der Waals surface area contributed by atoms with Gasteiger partial charge < -0.3 is 5.32 Å². The number of nitrogens with one attached hydrogen (secondary N) is 1. The van der Waals surface area contributed by atoms with Crippen molar-refractivity contribution in [3.63, 3.8) is 0 Å². The molecule has 0 aromatic carbocycles. The predicted octanol–water partition coefficient (Wildman–Crippen LogP) is 4.52. The molecule has 0 fully saturated rings. The average molecular weight is 274 g/mol. The van der Waals surface area contributed by atoms with Gasteiger partial charge in [0.15, 0.2) is 0 Å². The molecule has 0 aliphatic heterocycles. The summed E-state index contributed by atoms with van der Waals surface area (Å²) in [5.41, 5.74) is 1.40. The summed E-state index contributed by atoms with van der Waals surface area (Å²) < 4.78 is 0. The molecule has 1 heterocycles. The number of allylic oxidation sites excluding steroid dienone is 1. The van der Waals surface area contributed by atoms with Gasteiger partial charge in [-0.15, -0.1) is 6.58 Å². The van der Waals surface area contributed by atoms with Crippen molar-refractivity contribution >= 4 is 0 Å². The SMILES string of the molecule is C=CCCCCCC(CCc1ccncc1)NCCC. The molecule has 2 heteroatoms. The molecule has 1 atom stereocenters. The van der Waals surface area contributed by atoms with Crippen molar-refractivity contribution in [1.29, 1.82) is 0 Å². The summed E-state index contributed by atoms with van der Waals surface area (Å²) >= 11 is 0. The summed E-state index contributed by atoms with van der Waals surface area (Å²) in [5.74, 6) is 0. The lowest BCUT2D eigenvalue weighted by molar-refractivity contribution is 0.433. The molecular formula is C18H30N2. The summed E-state index contributed by atoms with van der Waals surface area (Å²) in [5, 5.41) is 3.69. The van der Waals surface area contributed by atoms with Crippen molar-refractivity contribution in [3.8, 4) is 0 Å². The first-order valence-electron chi connectivity index (χ1n) is 8.10. The summed E-state index contributed by atoms with van der Waals surface area (Å²) in [6.07, 6.45) is 15.8. The fraction of sp³-hybridized carbons (Fsp3) is 0.611. The topological polar surface area (TPSA) is 24.9 Å². The number of hydrogen-bond acceptors (Lipinski definition) is 2. The van der Waals surface area contributed by atoms with Gasteiger partial charge >= 0.3 is 0 Å². The van der Waals surface area contributed by atoms with Crippen molar-refractivity contribution in [3.05, 3.63) is 42.7 Å². The molecule has 0 saturated carbocycles. The van der Waals surface area contributed by atoms with Crippen LogP contribution < -0.4 is 5.32 Å². The summed E-state index contributed by atoms with van der Waals surface area (Å²) in [4.78, 5) is 4.08. The first kappa shape index (κ1) is 16.9. The highest BCUT2D eigenvalue weighted by Gasteiger charge is 2.07. The second kappa shape index (κ2) is 11.7. The van der Waals surface area contributed by atoms with E-state index in [1.54, 1.807) is 0 Å². The Morgan fingerprint density at radius 2 is 2.00 bits per heavy atom. The lowest BCUT2D eigenvalue weighted by Gasteiger charge is -2.18. The van der Waals surface area contributed by atoms with Gasteiger partial charge in [0.1, 0.15) is 0 Å². The molecule has 0 aliphatic rings. The zero-order valence-corrected chi connectivity index (χ0v) is 13.0. The van der Waals surface area contributed by atoms with E-state index in [-0.39, 0.29) is 0 Å². The number of aromatic nitrogens is 1. The fourth-order valence-corrected chi connectivity index (χ4v) is 2.44. The number of hydrogen-bond donors (Lipinski definition) is 1. The Balaban J connectivity index is 2.25. The zero-order valence-electron chi connectivity index (χ0n) is 13.0. The molecule has 1 unspecified atom stereocenters. The predicted molar refractivity (Wildman–Crippen MR) is 87.9 cm³/mol. The van der Waals surface area contributed by atoms with Gasteiger partial charge in [0.05, 0.1) is 0 Å². The fourth-order valence-electron chi connectivity index (χ4n) is 2.44. The highest BCUT2D eigenvalue weighted by molar-refractivity contribution is 5.09. The molecule has 1 rings (SSSR count). The molecule has 1 aromatic rings. The maximum absolute atomic E-state index is 4.08. The number of pyridine rings is 1. The second-order valence-corrected chi connectivity index (χ2v) is 5.47. The Bertz CT molecular complexity index is 335. The van der Waals surface area contributed by atoms with E-state index in [2.05, 4.69) is 35.9 Å². The third-order valence-corrected chi connectivity index (χ3v) is 3.67. The molecule has 0 bridgehead atoms. The van der Waals surface area contributed by atoms with Crippen molar-refractivity contribution in [2.45, 2.75) is 64.3 Å². The molecule has 2 nitrogen and oxygen atoms in total. The highest BCUT2D eigenvalue weighted by atomic mass is 14.9. The molecule has 1 aromatic heterocycles. The van der Waals surface area contributed by atoms with Crippen LogP contribution in [0.5, 0.6) is 0 Å². The third-order valence-electron chi connectivity index (χ3n) is 3.67. The lowest BCUT2D eigenvalue weighted by atomic mass is 10.0. The van der Waals surface area contributed by atoms with E-state index in [4.69, 9.17) is 0 Å². The van der Waals surface area contributed by atoms with Crippen LogP contribution in [0.2, 0.25) is 0 Å². The minimum atomic E-state index is 0.659. The van der Waals surface area contributed by atoms with E-state index in [0.717, 1.165) is 19.4 Å². The van der Waals surface area contributed by atoms with Crippen LogP contribution >= 0.6 is 0 Å². The van der Waals surface area contributed by atoms with E-state index >= 15 is 0 Å². The standard InChI is InChI=1S/C18H30N2/c1-3-5-6-7-8-9-18(20-14-4-2)11-10-17-12-15-19-16-13-17/h3,12-13,15-16,18,20H,1,4-11,14H2,2H3. The van der Waals surface area contributed by atoms with Crippen LogP contribution in [0.25, 0.3) is 0 Å². The van der Waals surface area contributed by atoms with Gasteiger partial charge in [-0.25, -0.2) is 0 Å². The van der Waals surface area contributed by atoms with E-state index < -0.39 is 0 Å². The third kappa shape index (κ3) is 8.11. The van der Waals surface area contributed by atoms with Gasteiger partial charge in [-0.05, 0) is 62.8 Å². The minimum Gasteiger partial charge on any atom is -0.314 e. The molecule has 1 N–H and O–H groups in total. The van der Waals surface area contributed by atoms with Crippen molar-refractivity contribution in [2.75, 3.05) is 6.54 Å². The zero-order chi connectivity index (χ0) is 14.5. The maximum Gasteiger partial charge on any atom is 0.0270 e. The smallest absolute Gasteiger partial charge is 0.0270 e. The van der Waals surface area contributed by atoms with Gasteiger partial charge in [0.25, 0.3) is 0 Å². The quantitative estimate of drug-likeness (QED) is 0.448. The first-order chi connectivity index (χ1) is 9.86. The second-order valence-electron chi connectivity index (χ2n) is 5.47. The molecule has 0 aliphatic carbocycles. The number of nitrogens with zero attached hydrogens (tertiary/aromatic N) is 1. The summed E-state index contributed by atoms with van der Waals surface area (Å²) in [7, 11) is 0. The van der Waals surface area contributed by atoms with Gasteiger partial charge in [-0.1, -0.05) is 25.8 Å². The van der Waals surface area contributed by atoms with Crippen molar-refractivity contribution in [2.24, 2.45) is 0 Å². The highest BCUT2D eigenvalue weighted by Crippen LogP contribution is 2.11.